The van der Waals surface area contributed by atoms with Crippen molar-refractivity contribution in [1.82, 2.24) is 0 Å². The van der Waals surface area contributed by atoms with Crippen LogP contribution in [0.2, 0.25) is 0 Å². The van der Waals surface area contributed by atoms with E-state index in [1.807, 2.05) is 0 Å². The largest absolute Gasteiger partial charge is 0.366 e. The van der Waals surface area contributed by atoms with Gasteiger partial charge in [-0.1, -0.05) is 0 Å². The smallest absolute Gasteiger partial charge is 0.269 e. The highest BCUT2D eigenvalue weighted by Gasteiger charge is 2.15. The van der Waals surface area contributed by atoms with Gasteiger partial charge in [-0.15, -0.1) is 0 Å². The number of nitrogens with one attached hydrogen (secondary N) is 1. The van der Waals surface area contributed by atoms with Crippen molar-refractivity contribution in [1.29, 1.82) is 0 Å². The lowest BCUT2D eigenvalue weighted by Gasteiger charge is -2.09. The molecule has 0 radical (unpaired) electrons. The lowest BCUT2D eigenvalue weighted by Crippen LogP contribution is -2.16. The summed E-state index contributed by atoms with van der Waals surface area (Å²) in [5.74, 6) is -2.29. The molecule has 2 aromatic carbocycles. The number of nitro benzene ring substituents is 1. The van der Waals surface area contributed by atoms with E-state index in [0.717, 1.165) is 12.1 Å². The highest BCUT2D eigenvalue weighted by molar-refractivity contribution is 6.06. The van der Waals surface area contributed by atoms with Gasteiger partial charge in [0.15, 0.2) is 0 Å². The SMILES string of the molecule is Cc1cc([N+](=O)[O-])ccc1C(=O)Nc1ccc(F)c(C(N)=O)c1. The first-order chi connectivity index (χ1) is 10.8. The second-order valence-corrected chi connectivity index (χ2v) is 4.77. The van der Waals surface area contributed by atoms with Crippen molar-refractivity contribution in [3.8, 4) is 0 Å². The molecule has 2 rings (SSSR count). The summed E-state index contributed by atoms with van der Waals surface area (Å²) in [7, 11) is 0. The maximum Gasteiger partial charge on any atom is 0.269 e. The summed E-state index contributed by atoms with van der Waals surface area (Å²) in [6.07, 6.45) is 0. The molecule has 0 bridgehead atoms. The van der Waals surface area contributed by atoms with Gasteiger partial charge in [-0.2, -0.15) is 0 Å². The van der Waals surface area contributed by atoms with Crippen molar-refractivity contribution in [2.24, 2.45) is 5.73 Å². The third-order valence-corrected chi connectivity index (χ3v) is 3.16. The second kappa shape index (κ2) is 6.22. The van der Waals surface area contributed by atoms with Crippen LogP contribution in [-0.2, 0) is 0 Å². The number of anilines is 1. The number of non-ortho nitro benzene ring substituents is 1. The molecule has 0 saturated carbocycles. The number of hydrogen-bond acceptors (Lipinski definition) is 4. The first kappa shape index (κ1) is 16.1. The maximum atomic E-state index is 13.4. The Morgan fingerprint density at radius 1 is 1.17 bits per heavy atom. The van der Waals surface area contributed by atoms with Gasteiger partial charge in [-0.25, -0.2) is 4.39 Å². The Bertz CT molecular complexity index is 820. The predicted molar refractivity (Wildman–Crippen MR) is 80.7 cm³/mol. The van der Waals surface area contributed by atoms with Crippen molar-refractivity contribution in [3.63, 3.8) is 0 Å². The number of nitro groups is 1. The van der Waals surface area contributed by atoms with E-state index < -0.39 is 22.6 Å². The lowest BCUT2D eigenvalue weighted by molar-refractivity contribution is -0.384. The third-order valence-electron chi connectivity index (χ3n) is 3.16. The molecule has 2 aromatic rings. The Morgan fingerprint density at radius 3 is 2.43 bits per heavy atom. The Kier molecular flexibility index (Phi) is 4.35. The number of benzene rings is 2. The molecule has 0 spiro atoms. The van der Waals surface area contributed by atoms with Crippen LogP contribution in [0.1, 0.15) is 26.3 Å². The fourth-order valence-corrected chi connectivity index (χ4v) is 2.01. The van der Waals surface area contributed by atoms with Crippen LogP contribution >= 0.6 is 0 Å². The van der Waals surface area contributed by atoms with Gasteiger partial charge in [-0.3, -0.25) is 19.7 Å². The Balaban J connectivity index is 2.27. The molecule has 2 amide bonds. The average Bonchev–Trinajstić information content (AvgIpc) is 2.48. The van der Waals surface area contributed by atoms with Gasteiger partial charge in [0.05, 0.1) is 10.5 Å². The number of aryl methyl sites for hydroxylation is 1. The first-order valence-corrected chi connectivity index (χ1v) is 6.45. The van der Waals surface area contributed by atoms with Crippen molar-refractivity contribution < 1.29 is 18.9 Å². The molecular weight excluding hydrogens is 305 g/mol. The van der Waals surface area contributed by atoms with Gasteiger partial charge in [0.25, 0.3) is 17.5 Å². The van der Waals surface area contributed by atoms with Crippen molar-refractivity contribution in [3.05, 3.63) is 69.0 Å². The summed E-state index contributed by atoms with van der Waals surface area (Å²) < 4.78 is 13.4. The van der Waals surface area contributed by atoms with Crippen molar-refractivity contribution >= 4 is 23.2 Å². The molecule has 0 unspecified atom stereocenters. The van der Waals surface area contributed by atoms with Crippen LogP contribution in [0.5, 0.6) is 0 Å². The number of carbonyl (C=O) groups is 2. The molecule has 118 valence electrons. The molecule has 8 heteroatoms. The van der Waals surface area contributed by atoms with Gasteiger partial charge >= 0.3 is 0 Å². The van der Waals surface area contributed by atoms with E-state index in [1.54, 1.807) is 6.92 Å². The van der Waals surface area contributed by atoms with E-state index in [0.29, 0.717) is 5.56 Å². The van der Waals surface area contributed by atoms with E-state index in [4.69, 9.17) is 5.73 Å². The zero-order valence-electron chi connectivity index (χ0n) is 12.0. The summed E-state index contributed by atoms with van der Waals surface area (Å²) in [5, 5.41) is 13.2. The number of hydrogen-bond donors (Lipinski definition) is 2. The summed E-state index contributed by atoms with van der Waals surface area (Å²) in [5.41, 5.74) is 5.38. The van der Waals surface area contributed by atoms with Crippen LogP contribution in [0.4, 0.5) is 15.8 Å². The van der Waals surface area contributed by atoms with Gasteiger partial charge in [0, 0.05) is 23.4 Å². The molecule has 0 aromatic heterocycles. The lowest BCUT2D eigenvalue weighted by atomic mass is 10.1. The number of carbonyl (C=O) groups excluding carboxylic acids is 2. The van der Waals surface area contributed by atoms with E-state index in [-0.39, 0.29) is 22.5 Å². The van der Waals surface area contributed by atoms with Gasteiger partial charge < -0.3 is 11.1 Å². The minimum atomic E-state index is -0.954. The summed E-state index contributed by atoms with van der Waals surface area (Å²) in [6.45, 7) is 1.56. The van der Waals surface area contributed by atoms with Crippen LogP contribution in [0, 0.1) is 22.9 Å². The standard InChI is InChI=1S/C15H12FN3O4/c1-8-6-10(19(22)23)3-4-11(8)15(21)18-9-2-5-13(16)12(7-9)14(17)20/h2-7H,1H3,(H2,17,20)(H,18,21). The van der Waals surface area contributed by atoms with Crippen LogP contribution < -0.4 is 11.1 Å². The molecule has 0 aliphatic heterocycles. The molecule has 0 saturated heterocycles. The summed E-state index contributed by atoms with van der Waals surface area (Å²) >= 11 is 0. The monoisotopic (exact) mass is 317 g/mol. The molecule has 0 aliphatic rings. The highest BCUT2D eigenvalue weighted by atomic mass is 19.1. The van der Waals surface area contributed by atoms with E-state index in [1.165, 1.54) is 24.3 Å². The van der Waals surface area contributed by atoms with Crippen LogP contribution in [0.25, 0.3) is 0 Å². The van der Waals surface area contributed by atoms with Crippen LogP contribution in [-0.4, -0.2) is 16.7 Å². The Morgan fingerprint density at radius 2 is 1.87 bits per heavy atom. The normalized spacial score (nSPS) is 10.2. The fraction of sp³-hybridized carbons (Fsp3) is 0.0667. The molecule has 0 atom stereocenters. The second-order valence-electron chi connectivity index (χ2n) is 4.77. The molecule has 0 heterocycles. The minimum Gasteiger partial charge on any atom is -0.366 e. The highest BCUT2D eigenvalue weighted by Crippen LogP contribution is 2.20. The van der Waals surface area contributed by atoms with Crippen LogP contribution in [0.15, 0.2) is 36.4 Å². The molecule has 0 aliphatic carbocycles. The molecule has 23 heavy (non-hydrogen) atoms. The Labute approximate surface area is 130 Å². The maximum absolute atomic E-state index is 13.4. The van der Waals surface area contributed by atoms with E-state index >= 15 is 0 Å². The van der Waals surface area contributed by atoms with E-state index in [9.17, 15) is 24.1 Å². The van der Waals surface area contributed by atoms with Crippen LogP contribution in [0.3, 0.4) is 0 Å². The third kappa shape index (κ3) is 3.49. The predicted octanol–water partition coefficient (Wildman–Crippen LogP) is 2.39. The minimum absolute atomic E-state index is 0.128. The zero-order valence-corrected chi connectivity index (χ0v) is 12.0. The zero-order chi connectivity index (χ0) is 17.1. The number of nitrogens with two attached hydrogens (primary N) is 1. The average molecular weight is 317 g/mol. The number of amides is 2. The summed E-state index contributed by atoms with van der Waals surface area (Å²) in [4.78, 5) is 33.4. The molecule has 7 nitrogen and oxygen atoms in total. The van der Waals surface area contributed by atoms with Gasteiger partial charge in [0.2, 0.25) is 0 Å². The van der Waals surface area contributed by atoms with Gasteiger partial charge in [-0.05, 0) is 36.8 Å². The van der Waals surface area contributed by atoms with Crippen molar-refractivity contribution in [2.75, 3.05) is 5.32 Å². The quantitative estimate of drug-likeness (QED) is 0.665. The van der Waals surface area contributed by atoms with E-state index in [2.05, 4.69) is 5.32 Å². The topological polar surface area (TPSA) is 115 Å². The number of halogens is 1. The summed E-state index contributed by atoms with van der Waals surface area (Å²) in [6, 6.07) is 7.21. The number of rotatable bonds is 4. The number of primary amides is 1. The Hall–Kier alpha value is -3.29. The molecular formula is C15H12FN3O4. The van der Waals surface area contributed by atoms with Crippen molar-refractivity contribution in [2.45, 2.75) is 6.92 Å². The first-order valence-electron chi connectivity index (χ1n) is 6.45. The number of nitrogens with zero attached hydrogens (tertiary/aromatic N) is 1. The fourth-order valence-electron chi connectivity index (χ4n) is 2.01. The molecule has 3 N–H and O–H groups in total. The van der Waals surface area contributed by atoms with Gasteiger partial charge in [0.1, 0.15) is 5.82 Å². The molecule has 0 fully saturated rings.